The van der Waals surface area contributed by atoms with Gasteiger partial charge in [-0.25, -0.2) is 0 Å². The Morgan fingerprint density at radius 3 is 3.00 bits per heavy atom. The van der Waals surface area contributed by atoms with E-state index in [1.165, 1.54) is 19.3 Å². The number of carbonyl (C=O) groups excluding carboxylic acids is 1. The van der Waals surface area contributed by atoms with Gasteiger partial charge in [0.1, 0.15) is 0 Å². The van der Waals surface area contributed by atoms with Crippen molar-refractivity contribution in [3.8, 4) is 0 Å². The maximum absolute atomic E-state index is 11.0. The molecule has 0 bridgehead atoms. The van der Waals surface area contributed by atoms with Gasteiger partial charge >= 0.3 is 5.97 Å². The second kappa shape index (κ2) is 8.53. The highest BCUT2D eigenvalue weighted by molar-refractivity contribution is 5.69. The highest BCUT2D eigenvalue weighted by Gasteiger charge is 2.12. The number of rotatable bonds is 7. The molecule has 1 rings (SSSR count). The SMILES string of the molecule is CCOC(=O)CCNCCC1CCCCO1. The molecule has 0 spiro atoms. The third-order valence-corrected chi connectivity index (χ3v) is 2.73. The Kier molecular flexibility index (Phi) is 7.17. The van der Waals surface area contributed by atoms with Gasteiger partial charge in [0, 0.05) is 13.2 Å². The van der Waals surface area contributed by atoms with Crippen molar-refractivity contribution in [3.05, 3.63) is 0 Å². The molecule has 1 unspecified atom stereocenters. The lowest BCUT2D eigenvalue weighted by molar-refractivity contribution is -0.142. The van der Waals surface area contributed by atoms with Crippen molar-refractivity contribution in [2.45, 2.75) is 45.1 Å². The lowest BCUT2D eigenvalue weighted by Gasteiger charge is -2.22. The molecule has 0 radical (unpaired) electrons. The van der Waals surface area contributed by atoms with Crippen LogP contribution in [-0.4, -0.2) is 38.4 Å². The van der Waals surface area contributed by atoms with E-state index in [2.05, 4.69) is 5.32 Å². The lowest BCUT2D eigenvalue weighted by atomic mass is 10.1. The van der Waals surface area contributed by atoms with Gasteiger partial charge in [-0.15, -0.1) is 0 Å². The highest BCUT2D eigenvalue weighted by atomic mass is 16.5. The molecule has 1 N–H and O–H groups in total. The van der Waals surface area contributed by atoms with E-state index < -0.39 is 0 Å². The maximum atomic E-state index is 11.0. The molecule has 4 nitrogen and oxygen atoms in total. The Morgan fingerprint density at radius 2 is 2.31 bits per heavy atom. The molecule has 1 heterocycles. The topological polar surface area (TPSA) is 47.6 Å². The Balaban J connectivity index is 1.89. The monoisotopic (exact) mass is 229 g/mol. The van der Waals surface area contributed by atoms with Gasteiger partial charge in [0.2, 0.25) is 0 Å². The quantitative estimate of drug-likeness (QED) is 0.531. The molecular formula is C12H23NO3. The van der Waals surface area contributed by atoms with Crippen LogP contribution in [0.4, 0.5) is 0 Å². The molecule has 1 aliphatic rings. The number of ether oxygens (including phenoxy) is 2. The summed E-state index contributed by atoms with van der Waals surface area (Å²) in [6.07, 6.45) is 5.59. The van der Waals surface area contributed by atoms with E-state index in [9.17, 15) is 4.79 Å². The Bertz CT molecular complexity index is 191. The van der Waals surface area contributed by atoms with Crippen molar-refractivity contribution in [3.63, 3.8) is 0 Å². The van der Waals surface area contributed by atoms with E-state index in [0.29, 0.717) is 25.7 Å². The zero-order valence-corrected chi connectivity index (χ0v) is 10.2. The average molecular weight is 229 g/mol. The standard InChI is InChI=1S/C12H23NO3/c1-2-15-12(14)7-9-13-8-6-11-5-3-4-10-16-11/h11,13H,2-10H2,1H3. The molecule has 4 heteroatoms. The lowest BCUT2D eigenvalue weighted by Crippen LogP contribution is -2.26. The minimum absolute atomic E-state index is 0.121. The molecule has 0 aromatic heterocycles. The van der Waals surface area contributed by atoms with Gasteiger partial charge in [-0.3, -0.25) is 4.79 Å². The van der Waals surface area contributed by atoms with Crippen LogP contribution in [0.25, 0.3) is 0 Å². The first-order chi connectivity index (χ1) is 7.83. The minimum Gasteiger partial charge on any atom is -0.466 e. The highest BCUT2D eigenvalue weighted by Crippen LogP contribution is 2.14. The fourth-order valence-electron chi connectivity index (χ4n) is 1.85. The van der Waals surface area contributed by atoms with Crippen molar-refractivity contribution in [1.82, 2.24) is 5.32 Å². The largest absolute Gasteiger partial charge is 0.466 e. The number of esters is 1. The van der Waals surface area contributed by atoms with Crippen LogP contribution in [0, 0.1) is 0 Å². The normalized spacial score (nSPS) is 20.7. The second-order valence-electron chi connectivity index (χ2n) is 4.08. The molecule has 1 saturated heterocycles. The maximum Gasteiger partial charge on any atom is 0.307 e. The van der Waals surface area contributed by atoms with Crippen LogP contribution < -0.4 is 5.32 Å². The first-order valence-corrected chi connectivity index (χ1v) is 6.31. The zero-order valence-electron chi connectivity index (χ0n) is 10.2. The third-order valence-electron chi connectivity index (χ3n) is 2.73. The summed E-state index contributed by atoms with van der Waals surface area (Å²) in [5.41, 5.74) is 0. The summed E-state index contributed by atoms with van der Waals surface area (Å²) in [6, 6.07) is 0. The van der Waals surface area contributed by atoms with Crippen molar-refractivity contribution < 1.29 is 14.3 Å². The van der Waals surface area contributed by atoms with Gasteiger partial charge in [0.05, 0.1) is 19.1 Å². The first kappa shape index (κ1) is 13.5. The molecular weight excluding hydrogens is 206 g/mol. The van der Waals surface area contributed by atoms with Crippen LogP contribution in [0.15, 0.2) is 0 Å². The summed E-state index contributed by atoms with van der Waals surface area (Å²) < 4.78 is 10.4. The second-order valence-corrected chi connectivity index (χ2v) is 4.08. The summed E-state index contributed by atoms with van der Waals surface area (Å²) in [7, 11) is 0. The van der Waals surface area contributed by atoms with Gasteiger partial charge in [0.15, 0.2) is 0 Å². The van der Waals surface area contributed by atoms with Gasteiger partial charge in [-0.2, -0.15) is 0 Å². The van der Waals surface area contributed by atoms with Crippen molar-refractivity contribution in [2.75, 3.05) is 26.3 Å². The molecule has 1 aliphatic heterocycles. The summed E-state index contributed by atoms with van der Waals surface area (Å²) in [5.74, 6) is -0.121. The van der Waals surface area contributed by atoms with Crippen molar-refractivity contribution in [1.29, 1.82) is 0 Å². The molecule has 0 saturated carbocycles. The average Bonchev–Trinajstić information content (AvgIpc) is 2.30. The van der Waals surface area contributed by atoms with Crippen LogP contribution in [0.5, 0.6) is 0 Å². The minimum atomic E-state index is -0.121. The first-order valence-electron chi connectivity index (χ1n) is 6.31. The number of hydrogen-bond acceptors (Lipinski definition) is 4. The van der Waals surface area contributed by atoms with Crippen LogP contribution >= 0.6 is 0 Å². The molecule has 0 aliphatic carbocycles. The fourth-order valence-corrected chi connectivity index (χ4v) is 1.85. The predicted molar refractivity (Wildman–Crippen MR) is 62.3 cm³/mol. The van der Waals surface area contributed by atoms with Gasteiger partial charge < -0.3 is 14.8 Å². The molecule has 0 aromatic rings. The van der Waals surface area contributed by atoms with Crippen molar-refractivity contribution >= 4 is 5.97 Å². The summed E-state index contributed by atoms with van der Waals surface area (Å²) in [6.45, 7) is 4.82. The smallest absolute Gasteiger partial charge is 0.307 e. The zero-order chi connectivity index (χ0) is 11.6. The van der Waals surface area contributed by atoms with E-state index in [-0.39, 0.29) is 5.97 Å². The summed E-state index contributed by atoms with van der Waals surface area (Å²) in [4.78, 5) is 11.0. The Hall–Kier alpha value is -0.610. The van der Waals surface area contributed by atoms with Crippen LogP contribution in [0.2, 0.25) is 0 Å². The predicted octanol–water partition coefficient (Wildman–Crippen LogP) is 1.49. The third kappa shape index (κ3) is 6.08. The van der Waals surface area contributed by atoms with E-state index >= 15 is 0 Å². The molecule has 1 atom stereocenters. The van der Waals surface area contributed by atoms with Gasteiger partial charge in [-0.1, -0.05) is 0 Å². The van der Waals surface area contributed by atoms with Crippen LogP contribution in [-0.2, 0) is 14.3 Å². The fraction of sp³-hybridized carbons (Fsp3) is 0.917. The number of hydrogen-bond donors (Lipinski definition) is 1. The Morgan fingerprint density at radius 1 is 1.44 bits per heavy atom. The summed E-state index contributed by atoms with van der Waals surface area (Å²) in [5, 5.41) is 3.24. The van der Waals surface area contributed by atoms with Crippen LogP contribution in [0.1, 0.15) is 39.0 Å². The molecule has 94 valence electrons. The molecule has 0 amide bonds. The van der Waals surface area contributed by atoms with Gasteiger partial charge in [-0.05, 0) is 39.2 Å². The summed E-state index contributed by atoms with van der Waals surface area (Å²) >= 11 is 0. The van der Waals surface area contributed by atoms with Gasteiger partial charge in [0.25, 0.3) is 0 Å². The molecule has 1 fully saturated rings. The number of nitrogens with one attached hydrogen (secondary N) is 1. The number of carbonyl (C=O) groups is 1. The van der Waals surface area contributed by atoms with E-state index in [1.54, 1.807) is 0 Å². The van der Waals surface area contributed by atoms with Crippen molar-refractivity contribution in [2.24, 2.45) is 0 Å². The van der Waals surface area contributed by atoms with E-state index in [4.69, 9.17) is 9.47 Å². The van der Waals surface area contributed by atoms with E-state index in [0.717, 1.165) is 19.6 Å². The van der Waals surface area contributed by atoms with Crippen LogP contribution in [0.3, 0.4) is 0 Å². The molecule has 0 aromatic carbocycles. The van der Waals surface area contributed by atoms with E-state index in [1.807, 2.05) is 6.92 Å². The Labute approximate surface area is 97.7 Å². The molecule has 16 heavy (non-hydrogen) atoms.